The van der Waals surface area contributed by atoms with E-state index in [0.29, 0.717) is 6.54 Å². The molecule has 5 heteroatoms. The molecular weight excluding hydrogens is 366 g/mol. The second kappa shape index (κ2) is 5.98. The number of thioether (sulfide) groups is 1. The van der Waals surface area contributed by atoms with Crippen molar-refractivity contribution in [1.29, 1.82) is 0 Å². The van der Waals surface area contributed by atoms with Crippen LogP contribution in [0.2, 0.25) is 0 Å². The number of hydrogen-bond donors (Lipinski definition) is 1. The topological polar surface area (TPSA) is 25.2 Å². The van der Waals surface area contributed by atoms with E-state index in [0.717, 1.165) is 20.6 Å². The summed E-state index contributed by atoms with van der Waals surface area (Å²) in [5.74, 6) is 0.889. The molecule has 0 saturated heterocycles. The molecule has 2 nitrogen and oxygen atoms in total. The number of anilines is 1. The SMILES string of the molecule is CSc1ccccc1NCc1cc(Br)c(Br)o1. The van der Waals surface area contributed by atoms with Gasteiger partial charge < -0.3 is 9.73 Å². The Labute approximate surface area is 121 Å². The van der Waals surface area contributed by atoms with Gasteiger partial charge in [-0.1, -0.05) is 12.1 Å². The van der Waals surface area contributed by atoms with E-state index < -0.39 is 0 Å². The van der Waals surface area contributed by atoms with Gasteiger partial charge in [0.2, 0.25) is 0 Å². The first-order chi connectivity index (χ1) is 8.20. The number of hydrogen-bond acceptors (Lipinski definition) is 3. The van der Waals surface area contributed by atoms with Crippen molar-refractivity contribution in [2.75, 3.05) is 11.6 Å². The molecule has 0 aliphatic rings. The Hall–Kier alpha value is -0.390. The zero-order valence-corrected chi connectivity index (χ0v) is 13.2. The lowest BCUT2D eigenvalue weighted by molar-refractivity contribution is 0.494. The second-order valence-corrected chi connectivity index (χ2v) is 5.81. The van der Waals surface area contributed by atoms with Crippen LogP contribution in [0, 0.1) is 0 Å². The maximum absolute atomic E-state index is 5.51. The molecule has 0 aliphatic heterocycles. The summed E-state index contributed by atoms with van der Waals surface area (Å²) in [6.07, 6.45) is 2.07. The highest BCUT2D eigenvalue weighted by Gasteiger charge is 2.06. The summed E-state index contributed by atoms with van der Waals surface area (Å²) in [7, 11) is 0. The Morgan fingerprint density at radius 2 is 2.06 bits per heavy atom. The van der Waals surface area contributed by atoms with Crippen LogP contribution in [0.1, 0.15) is 5.76 Å². The van der Waals surface area contributed by atoms with Crippen LogP contribution in [0.25, 0.3) is 0 Å². The van der Waals surface area contributed by atoms with Crippen LogP contribution in [-0.2, 0) is 6.54 Å². The fraction of sp³-hybridized carbons (Fsp3) is 0.167. The van der Waals surface area contributed by atoms with Crippen LogP contribution in [0.15, 0.2) is 48.8 Å². The van der Waals surface area contributed by atoms with Crippen molar-refractivity contribution in [1.82, 2.24) is 0 Å². The molecule has 0 amide bonds. The van der Waals surface area contributed by atoms with Crippen LogP contribution < -0.4 is 5.32 Å². The molecular formula is C12H11Br2NOS. The average Bonchev–Trinajstić information content (AvgIpc) is 2.66. The molecule has 0 radical (unpaired) electrons. The fourth-order valence-corrected chi connectivity index (χ4v) is 2.68. The zero-order valence-electron chi connectivity index (χ0n) is 9.17. The molecule has 0 unspecified atom stereocenters. The van der Waals surface area contributed by atoms with E-state index in [1.165, 1.54) is 4.90 Å². The maximum Gasteiger partial charge on any atom is 0.183 e. The molecule has 17 heavy (non-hydrogen) atoms. The maximum atomic E-state index is 5.51. The molecule has 0 bridgehead atoms. The minimum Gasteiger partial charge on any atom is -0.451 e. The molecule has 0 fully saturated rings. The van der Waals surface area contributed by atoms with Crippen molar-refractivity contribution in [3.05, 3.63) is 45.2 Å². The number of rotatable bonds is 4. The first-order valence-corrected chi connectivity index (χ1v) is 7.82. The third-order valence-corrected chi connectivity index (χ3v) is 4.76. The van der Waals surface area contributed by atoms with Crippen molar-refractivity contribution >= 4 is 49.3 Å². The molecule has 1 aromatic heterocycles. The minimum atomic E-state index is 0.668. The minimum absolute atomic E-state index is 0.668. The highest BCUT2D eigenvalue weighted by molar-refractivity contribution is 9.13. The number of para-hydroxylation sites is 1. The molecule has 1 heterocycles. The number of halogens is 2. The van der Waals surface area contributed by atoms with E-state index in [-0.39, 0.29) is 0 Å². The third-order valence-electron chi connectivity index (χ3n) is 2.26. The van der Waals surface area contributed by atoms with E-state index in [9.17, 15) is 0 Å². The normalized spacial score (nSPS) is 10.5. The van der Waals surface area contributed by atoms with Crippen molar-refractivity contribution in [3.63, 3.8) is 0 Å². The molecule has 1 aromatic carbocycles. The molecule has 90 valence electrons. The van der Waals surface area contributed by atoms with Gasteiger partial charge in [0.15, 0.2) is 4.67 Å². The van der Waals surface area contributed by atoms with E-state index in [4.69, 9.17) is 4.42 Å². The smallest absolute Gasteiger partial charge is 0.183 e. The van der Waals surface area contributed by atoms with Gasteiger partial charge in [0.05, 0.1) is 11.0 Å². The monoisotopic (exact) mass is 375 g/mol. The molecule has 0 saturated carbocycles. The van der Waals surface area contributed by atoms with Gasteiger partial charge >= 0.3 is 0 Å². The summed E-state index contributed by atoms with van der Waals surface area (Å²) < 4.78 is 7.18. The molecule has 2 aromatic rings. The van der Waals surface area contributed by atoms with Gasteiger partial charge in [-0.3, -0.25) is 0 Å². The zero-order chi connectivity index (χ0) is 12.3. The highest BCUT2D eigenvalue weighted by Crippen LogP contribution is 2.28. The fourth-order valence-electron chi connectivity index (χ4n) is 1.45. The summed E-state index contributed by atoms with van der Waals surface area (Å²) in [5, 5.41) is 3.36. The predicted octanol–water partition coefficient (Wildman–Crippen LogP) is 5.14. The molecule has 0 spiro atoms. The Morgan fingerprint density at radius 3 is 2.71 bits per heavy atom. The van der Waals surface area contributed by atoms with Gasteiger partial charge in [0.1, 0.15) is 5.76 Å². The largest absolute Gasteiger partial charge is 0.451 e. The highest BCUT2D eigenvalue weighted by atomic mass is 79.9. The third kappa shape index (κ3) is 3.30. The van der Waals surface area contributed by atoms with Crippen molar-refractivity contribution in [2.45, 2.75) is 11.4 Å². The van der Waals surface area contributed by atoms with Crippen molar-refractivity contribution in [3.8, 4) is 0 Å². The molecule has 1 N–H and O–H groups in total. The Bertz CT molecular complexity index is 493. The van der Waals surface area contributed by atoms with Gasteiger partial charge in [-0.2, -0.15) is 0 Å². The van der Waals surface area contributed by atoms with Crippen LogP contribution >= 0.6 is 43.6 Å². The predicted molar refractivity (Wildman–Crippen MR) is 79.7 cm³/mol. The molecule has 0 atom stereocenters. The summed E-state index contributed by atoms with van der Waals surface area (Å²) in [5.41, 5.74) is 1.13. The summed E-state index contributed by atoms with van der Waals surface area (Å²) in [6, 6.07) is 10.2. The van der Waals surface area contributed by atoms with Crippen LogP contribution in [0.3, 0.4) is 0 Å². The van der Waals surface area contributed by atoms with Crippen LogP contribution in [0.5, 0.6) is 0 Å². The lowest BCUT2D eigenvalue weighted by atomic mass is 10.3. The standard InChI is InChI=1S/C12H11Br2NOS/c1-17-11-5-3-2-4-10(11)15-7-8-6-9(13)12(14)16-8/h2-6,15H,7H2,1H3. The van der Waals surface area contributed by atoms with E-state index >= 15 is 0 Å². The average molecular weight is 377 g/mol. The number of nitrogens with one attached hydrogen (secondary N) is 1. The van der Waals surface area contributed by atoms with E-state index in [1.807, 2.05) is 18.2 Å². The summed E-state index contributed by atoms with van der Waals surface area (Å²) in [6.45, 7) is 0.668. The van der Waals surface area contributed by atoms with Crippen LogP contribution in [0.4, 0.5) is 5.69 Å². The van der Waals surface area contributed by atoms with Gasteiger partial charge in [-0.05, 0) is 56.3 Å². The summed E-state index contributed by atoms with van der Waals surface area (Å²) >= 11 is 8.45. The van der Waals surface area contributed by atoms with Crippen molar-refractivity contribution < 1.29 is 4.42 Å². The van der Waals surface area contributed by atoms with Gasteiger partial charge in [-0.25, -0.2) is 0 Å². The first-order valence-electron chi connectivity index (χ1n) is 5.01. The van der Waals surface area contributed by atoms with Crippen molar-refractivity contribution in [2.24, 2.45) is 0 Å². The van der Waals surface area contributed by atoms with Crippen LogP contribution in [-0.4, -0.2) is 6.26 Å². The van der Waals surface area contributed by atoms with Gasteiger partial charge in [0.25, 0.3) is 0 Å². The Balaban J connectivity index is 2.07. The first kappa shape index (κ1) is 13.1. The summed E-state index contributed by atoms with van der Waals surface area (Å²) in [4.78, 5) is 1.23. The lowest BCUT2D eigenvalue weighted by Gasteiger charge is -2.08. The quantitative estimate of drug-likeness (QED) is 0.748. The Morgan fingerprint density at radius 1 is 1.29 bits per heavy atom. The number of benzene rings is 1. The second-order valence-electron chi connectivity index (χ2n) is 3.39. The van der Waals surface area contributed by atoms with E-state index in [1.54, 1.807) is 11.8 Å². The van der Waals surface area contributed by atoms with Gasteiger partial charge in [-0.15, -0.1) is 11.8 Å². The lowest BCUT2D eigenvalue weighted by Crippen LogP contribution is -1.99. The van der Waals surface area contributed by atoms with Gasteiger partial charge in [0, 0.05) is 10.6 Å². The number of furan rings is 1. The Kier molecular flexibility index (Phi) is 4.59. The molecule has 0 aliphatic carbocycles. The van der Waals surface area contributed by atoms with E-state index in [2.05, 4.69) is 55.6 Å². The molecule has 2 rings (SSSR count).